The molecule has 21 heavy (non-hydrogen) atoms. The second kappa shape index (κ2) is 4.73. The molecule has 0 saturated heterocycles. The van der Waals surface area contributed by atoms with Gasteiger partial charge in [-0.3, -0.25) is 0 Å². The van der Waals surface area contributed by atoms with Gasteiger partial charge in [-0.05, 0) is 18.2 Å². The summed E-state index contributed by atoms with van der Waals surface area (Å²) < 4.78 is 37.8. The molecule has 0 spiro atoms. The van der Waals surface area contributed by atoms with E-state index in [1.807, 2.05) is 18.2 Å². The second-order valence-corrected chi connectivity index (χ2v) is 4.52. The molecule has 2 aromatic carbocycles. The minimum Gasteiger partial charge on any atom is -0.368 e. The van der Waals surface area contributed by atoms with Crippen LogP contribution in [0.4, 0.5) is 19.1 Å². The summed E-state index contributed by atoms with van der Waals surface area (Å²) in [6.07, 6.45) is -4.36. The largest absolute Gasteiger partial charge is 0.416 e. The highest BCUT2D eigenvalue weighted by Gasteiger charge is 2.30. The molecule has 0 saturated carbocycles. The molecule has 0 radical (unpaired) electrons. The number of nitrogen functional groups attached to an aromatic ring is 1. The maximum atomic E-state index is 12.6. The van der Waals surface area contributed by atoms with E-state index in [0.717, 1.165) is 17.5 Å². The van der Waals surface area contributed by atoms with Crippen LogP contribution in [0.5, 0.6) is 0 Å². The van der Waals surface area contributed by atoms with Crippen molar-refractivity contribution in [3.63, 3.8) is 0 Å². The Kier molecular flexibility index (Phi) is 3.01. The number of nitrogens with zero attached hydrogens (tertiary/aromatic N) is 2. The lowest BCUT2D eigenvalue weighted by Gasteiger charge is -2.09. The number of rotatable bonds is 1. The zero-order valence-corrected chi connectivity index (χ0v) is 10.7. The van der Waals surface area contributed by atoms with Crippen molar-refractivity contribution in [2.24, 2.45) is 0 Å². The molecule has 0 atom stereocenters. The van der Waals surface area contributed by atoms with E-state index in [1.165, 1.54) is 12.1 Å². The van der Waals surface area contributed by atoms with Crippen LogP contribution in [0, 0.1) is 0 Å². The fourth-order valence-corrected chi connectivity index (χ4v) is 2.13. The third kappa shape index (κ3) is 2.52. The molecule has 6 heteroatoms. The van der Waals surface area contributed by atoms with Gasteiger partial charge in [-0.1, -0.05) is 30.3 Å². The van der Waals surface area contributed by atoms with Crippen LogP contribution in [-0.2, 0) is 6.18 Å². The molecular formula is C15H10F3N3. The normalized spacial score (nSPS) is 11.8. The summed E-state index contributed by atoms with van der Waals surface area (Å²) in [6.45, 7) is 0. The van der Waals surface area contributed by atoms with Gasteiger partial charge in [0.15, 0.2) is 0 Å². The van der Waals surface area contributed by atoms with Gasteiger partial charge in [0.25, 0.3) is 0 Å². The third-order valence-electron chi connectivity index (χ3n) is 3.11. The van der Waals surface area contributed by atoms with E-state index in [2.05, 4.69) is 9.97 Å². The fraction of sp³-hybridized carbons (Fsp3) is 0.0667. The van der Waals surface area contributed by atoms with Crippen molar-refractivity contribution in [1.82, 2.24) is 9.97 Å². The molecule has 0 aliphatic heterocycles. The lowest BCUT2D eigenvalue weighted by Crippen LogP contribution is -2.04. The Morgan fingerprint density at radius 3 is 2.19 bits per heavy atom. The number of anilines is 1. The number of benzene rings is 2. The molecule has 3 nitrogen and oxygen atoms in total. The third-order valence-corrected chi connectivity index (χ3v) is 3.11. The SMILES string of the molecule is Nc1nc(-c2ccc(C(F)(F)F)cc2)c2ccccc2n1. The van der Waals surface area contributed by atoms with Crippen LogP contribution in [0.2, 0.25) is 0 Å². The molecule has 0 unspecified atom stereocenters. The maximum absolute atomic E-state index is 12.6. The molecule has 0 amide bonds. The van der Waals surface area contributed by atoms with Crippen LogP contribution in [0.3, 0.4) is 0 Å². The van der Waals surface area contributed by atoms with Crippen molar-refractivity contribution in [2.75, 3.05) is 5.73 Å². The summed E-state index contributed by atoms with van der Waals surface area (Å²) in [5.41, 5.74) is 6.70. The number of alkyl halides is 3. The lowest BCUT2D eigenvalue weighted by molar-refractivity contribution is -0.137. The minimum absolute atomic E-state index is 0.0867. The van der Waals surface area contributed by atoms with Gasteiger partial charge in [-0.25, -0.2) is 9.97 Å². The van der Waals surface area contributed by atoms with Crippen molar-refractivity contribution >= 4 is 16.9 Å². The van der Waals surface area contributed by atoms with Crippen LogP contribution >= 0.6 is 0 Å². The fourth-order valence-electron chi connectivity index (χ4n) is 2.13. The van der Waals surface area contributed by atoms with Crippen molar-refractivity contribution in [3.8, 4) is 11.3 Å². The van der Waals surface area contributed by atoms with Gasteiger partial charge >= 0.3 is 6.18 Å². The van der Waals surface area contributed by atoms with Crippen LogP contribution in [0.25, 0.3) is 22.2 Å². The number of nitrogens with two attached hydrogens (primary N) is 1. The molecule has 3 aromatic rings. The molecular weight excluding hydrogens is 279 g/mol. The van der Waals surface area contributed by atoms with Crippen molar-refractivity contribution in [1.29, 1.82) is 0 Å². The Labute approximate surface area is 118 Å². The number of aromatic nitrogens is 2. The molecule has 0 fully saturated rings. The number of para-hydroxylation sites is 1. The predicted molar refractivity (Wildman–Crippen MR) is 74.4 cm³/mol. The highest BCUT2D eigenvalue weighted by Crippen LogP contribution is 2.32. The molecule has 0 bridgehead atoms. The molecule has 3 rings (SSSR count). The van der Waals surface area contributed by atoms with E-state index >= 15 is 0 Å². The first kappa shape index (κ1) is 13.4. The average molecular weight is 289 g/mol. The van der Waals surface area contributed by atoms with E-state index in [0.29, 0.717) is 16.8 Å². The predicted octanol–water partition coefficient (Wildman–Crippen LogP) is 3.90. The summed E-state index contributed by atoms with van der Waals surface area (Å²) in [7, 11) is 0. The Balaban J connectivity index is 2.16. The Bertz CT molecular complexity index is 795. The minimum atomic E-state index is -4.36. The number of hydrogen-bond acceptors (Lipinski definition) is 3. The first-order valence-corrected chi connectivity index (χ1v) is 6.15. The monoisotopic (exact) mass is 289 g/mol. The zero-order valence-electron chi connectivity index (χ0n) is 10.7. The van der Waals surface area contributed by atoms with Gasteiger partial charge in [-0.15, -0.1) is 0 Å². The Morgan fingerprint density at radius 1 is 0.857 bits per heavy atom. The van der Waals surface area contributed by atoms with Gasteiger partial charge in [0.2, 0.25) is 5.95 Å². The van der Waals surface area contributed by atoms with E-state index in [9.17, 15) is 13.2 Å². The van der Waals surface area contributed by atoms with Crippen LogP contribution in [0.1, 0.15) is 5.56 Å². The van der Waals surface area contributed by atoms with Gasteiger partial charge in [0.05, 0.1) is 16.8 Å². The summed E-state index contributed by atoms with van der Waals surface area (Å²) in [5, 5.41) is 0.742. The first-order valence-electron chi connectivity index (χ1n) is 6.15. The van der Waals surface area contributed by atoms with Crippen molar-refractivity contribution in [2.45, 2.75) is 6.18 Å². The number of halogens is 3. The summed E-state index contributed by atoms with van der Waals surface area (Å²) >= 11 is 0. The van der Waals surface area contributed by atoms with Gasteiger partial charge in [-0.2, -0.15) is 13.2 Å². The summed E-state index contributed by atoms with van der Waals surface area (Å²) in [5.74, 6) is 0.0867. The summed E-state index contributed by atoms with van der Waals surface area (Å²) in [6, 6.07) is 12.0. The highest BCUT2D eigenvalue weighted by atomic mass is 19.4. The molecule has 0 aliphatic rings. The molecule has 1 aromatic heterocycles. The molecule has 0 aliphatic carbocycles. The van der Waals surface area contributed by atoms with Crippen LogP contribution in [0.15, 0.2) is 48.5 Å². The highest BCUT2D eigenvalue weighted by molar-refractivity contribution is 5.92. The molecule has 106 valence electrons. The standard InChI is InChI=1S/C15H10F3N3/c16-15(17,18)10-7-5-9(6-8-10)13-11-3-1-2-4-12(11)20-14(19)21-13/h1-8H,(H2,19,20,21). The maximum Gasteiger partial charge on any atom is 0.416 e. The van der Waals surface area contributed by atoms with Gasteiger partial charge in [0.1, 0.15) is 0 Å². The first-order chi connectivity index (χ1) is 9.95. The summed E-state index contributed by atoms with van der Waals surface area (Å²) in [4.78, 5) is 8.25. The van der Waals surface area contributed by atoms with E-state index in [1.54, 1.807) is 6.07 Å². The van der Waals surface area contributed by atoms with Crippen molar-refractivity contribution in [3.05, 3.63) is 54.1 Å². The van der Waals surface area contributed by atoms with E-state index in [-0.39, 0.29) is 5.95 Å². The second-order valence-electron chi connectivity index (χ2n) is 4.52. The lowest BCUT2D eigenvalue weighted by atomic mass is 10.0. The quantitative estimate of drug-likeness (QED) is 0.739. The van der Waals surface area contributed by atoms with Crippen LogP contribution in [-0.4, -0.2) is 9.97 Å². The number of fused-ring (bicyclic) bond motifs is 1. The van der Waals surface area contributed by atoms with E-state index < -0.39 is 11.7 Å². The smallest absolute Gasteiger partial charge is 0.368 e. The Hall–Kier alpha value is -2.63. The van der Waals surface area contributed by atoms with Gasteiger partial charge in [0, 0.05) is 10.9 Å². The Morgan fingerprint density at radius 2 is 1.52 bits per heavy atom. The van der Waals surface area contributed by atoms with E-state index in [4.69, 9.17) is 5.73 Å². The molecule has 1 heterocycles. The topological polar surface area (TPSA) is 51.8 Å². The van der Waals surface area contributed by atoms with Crippen LogP contribution < -0.4 is 5.73 Å². The van der Waals surface area contributed by atoms with Gasteiger partial charge < -0.3 is 5.73 Å². The molecule has 2 N–H and O–H groups in total. The zero-order chi connectivity index (χ0) is 15.0. The average Bonchev–Trinajstić information content (AvgIpc) is 2.45. The van der Waals surface area contributed by atoms with Crippen molar-refractivity contribution < 1.29 is 13.2 Å². The number of hydrogen-bond donors (Lipinski definition) is 1.